The summed E-state index contributed by atoms with van der Waals surface area (Å²) in [5, 5.41) is 0. The summed E-state index contributed by atoms with van der Waals surface area (Å²) in [6.45, 7) is 8.17. The Hall–Kier alpha value is -1.35. The van der Waals surface area contributed by atoms with Gasteiger partial charge >= 0.3 is 0 Å². The van der Waals surface area contributed by atoms with E-state index in [0.29, 0.717) is 5.92 Å². The van der Waals surface area contributed by atoms with Gasteiger partial charge in [0.1, 0.15) is 0 Å². The van der Waals surface area contributed by atoms with E-state index in [9.17, 15) is 4.79 Å². The SMILES string of the molecule is CC(C)c1cccc(C(=O)N2CCN(C3CC3)CC2)c1. The Morgan fingerprint density at radius 2 is 1.85 bits per heavy atom. The summed E-state index contributed by atoms with van der Waals surface area (Å²) in [6.07, 6.45) is 2.70. The first-order chi connectivity index (χ1) is 9.65. The molecule has 1 amide bonds. The van der Waals surface area contributed by atoms with Crippen LogP contribution in [0.4, 0.5) is 0 Å². The molecule has 1 aromatic rings. The van der Waals surface area contributed by atoms with Gasteiger partial charge in [-0.15, -0.1) is 0 Å². The maximum absolute atomic E-state index is 12.6. The molecule has 3 rings (SSSR count). The van der Waals surface area contributed by atoms with Crippen LogP contribution in [0.1, 0.15) is 48.5 Å². The van der Waals surface area contributed by atoms with Crippen LogP contribution in [0.2, 0.25) is 0 Å². The van der Waals surface area contributed by atoms with Gasteiger partial charge in [0, 0.05) is 37.8 Å². The van der Waals surface area contributed by atoms with Crippen LogP contribution in [0.25, 0.3) is 0 Å². The van der Waals surface area contributed by atoms with Crippen molar-refractivity contribution in [1.82, 2.24) is 9.80 Å². The average molecular weight is 272 g/mol. The van der Waals surface area contributed by atoms with Crippen molar-refractivity contribution in [2.45, 2.75) is 38.6 Å². The third-order valence-electron chi connectivity index (χ3n) is 4.46. The second kappa shape index (κ2) is 5.57. The molecule has 1 saturated carbocycles. The van der Waals surface area contributed by atoms with E-state index in [-0.39, 0.29) is 5.91 Å². The minimum Gasteiger partial charge on any atom is -0.336 e. The minimum absolute atomic E-state index is 0.197. The highest BCUT2D eigenvalue weighted by molar-refractivity contribution is 5.94. The number of carbonyl (C=O) groups excluding carboxylic acids is 1. The highest BCUT2D eigenvalue weighted by atomic mass is 16.2. The van der Waals surface area contributed by atoms with E-state index in [1.807, 2.05) is 17.0 Å². The predicted molar refractivity (Wildman–Crippen MR) is 81.0 cm³/mol. The van der Waals surface area contributed by atoms with Gasteiger partial charge in [-0.2, -0.15) is 0 Å². The molecule has 0 radical (unpaired) electrons. The first kappa shape index (κ1) is 13.6. The van der Waals surface area contributed by atoms with E-state index >= 15 is 0 Å². The van der Waals surface area contributed by atoms with Gasteiger partial charge in [0.25, 0.3) is 5.91 Å². The fourth-order valence-electron chi connectivity index (χ4n) is 2.94. The molecule has 108 valence electrons. The Morgan fingerprint density at radius 3 is 2.45 bits per heavy atom. The summed E-state index contributed by atoms with van der Waals surface area (Å²) in [4.78, 5) is 17.1. The molecule has 3 nitrogen and oxygen atoms in total. The summed E-state index contributed by atoms with van der Waals surface area (Å²) in [6, 6.07) is 8.92. The number of carbonyl (C=O) groups is 1. The molecule has 20 heavy (non-hydrogen) atoms. The lowest BCUT2D eigenvalue weighted by molar-refractivity contribution is 0.0627. The van der Waals surface area contributed by atoms with Crippen LogP contribution in [0, 0.1) is 0 Å². The topological polar surface area (TPSA) is 23.6 Å². The lowest BCUT2D eigenvalue weighted by atomic mass is 10.0. The molecular formula is C17H24N2O. The zero-order chi connectivity index (χ0) is 14.1. The van der Waals surface area contributed by atoms with Gasteiger partial charge in [0.15, 0.2) is 0 Å². The van der Waals surface area contributed by atoms with Crippen molar-refractivity contribution in [1.29, 1.82) is 0 Å². The lowest BCUT2D eigenvalue weighted by Crippen LogP contribution is -2.49. The molecule has 1 aliphatic heterocycles. The summed E-state index contributed by atoms with van der Waals surface area (Å²) >= 11 is 0. The molecule has 1 aliphatic carbocycles. The van der Waals surface area contributed by atoms with Crippen LogP contribution in [0.3, 0.4) is 0 Å². The van der Waals surface area contributed by atoms with Crippen LogP contribution in [0.5, 0.6) is 0 Å². The number of hydrogen-bond donors (Lipinski definition) is 0. The standard InChI is InChI=1S/C17H24N2O/c1-13(2)14-4-3-5-15(12-14)17(20)19-10-8-18(9-11-19)16-6-7-16/h3-5,12-13,16H,6-11H2,1-2H3. The second-order valence-electron chi connectivity index (χ2n) is 6.34. The summed E-state index contributed by atoms with van der Waals surface area (Å²) < 4.78 is 0. The normalized spacial score (nSPS) is 20.4. The number of amides is 1. The van der Waals surface area contributed by atoms with Gasteiger partial charge in [-0.05, 0) is 36.5 Å². The Kier molecular flexibility index (Phi) is 3.79. The van der Waals surface area contributed by atoms with E-state index < -0.39 is 0 Å². The van der Waals surface area contributed by atoms with Crippen LogP contribution in [0.15, 0.2) is 24.3 Å². The number of rotatable bonds is 3. The second-order valence-corrected chi connectivity index (χ2v) is 6.34. The molecule has 0 bridgehead atoms. The van der Waals surface area contributed by atoms with E-state index in [1.54, 1.807) is 0 Å². The summed E-state index contributed by atoms with van der Waals surface area (Å²) in [7, 11) is 0. The quantitative estimate of drug-likeness (QED) is 0.844. The Balaban J connectivity index is 1.65. The van der Waals surface area contributed by atoms with Gasteiger partial charge in [0.05, 0.1) is 0 Å². The van der Waals surface area contributed by atoms with Crippen LogP contribution in [-0.2, 0) is 0 Å². The zero-order valence-electron chi connectivity index (χ0n) is 12.5. The molecule has 1 heterocycles. The molecule has 3 heteroatoms. The highest BCUT2D eigenvalue weighted by Crippen LogP contribution is 2.27. The molecule has 2 aliphatic rings. The minimum atomic E-state index is 0.197. The van der Waals surface area contributed by atoms with Crippen LogP contribution in [-0.4, -0.2) is 47.9 Å². The van der Waals surface area contributed by atoms with Crippen molar-refractivity contribution in [2.24, 2.45) is 0 Å². The Labute approximate surface area is 121 Å². The largest absolute Gasteiger partial charge is 0.336 e. The van der Waals surface area contributed by atoms with Crippen molar-refractivity contribution in [2.75, 3.05) is 26.2 Å². The number of hydrogen-bond acceptors (Lipinski definition) is 2. The van der Waals surface area contributed by atoms with Crippen molar-refractivity contribution in [3.63, 3.8) is 0 Å². The summed E-state index contributed by atoms with van der Waals surface area (Å²) in [5.41, 5.74) is 2.09. The van der Waals surface area contributed by atoms with Crippen molar-refractivity contribution < 1.29 is 4.79 Å². The smallest absolute Gasteiger partial charge is 0.253 e. The number of piperazine rings is 1. The zero-order valence-corrected chi connectivity index (χ0v) is 12.5. The van der Waals surface area contributed by atoms with E-state index in [0.717, 1.165) is 37.8 Å². The molecule has 0 aromatic heterocycles. The highest BCUT2D eigenvalue weighted by Gasteiger charge is 2.32. The van der Waals surface area contributed by atoms with Gasteiger partial charge in [-0.3, -0.25) is 9.69 Å². The fourth-order valence-corrected chi connectivity index (χ4v) is 2.94. The van der Waals surface area contributed by atoms with Gasteiger partial charge < -0.3 is 4.90 Å². The maximum atomic E-state index is 12.6. The maximum Gasteiger partial charge on any atom is 0.253 e. The molecule has 0 N–H and O–H groups in total. The van der Waals surface area contributed by atoms with Crippen molar-refractivity contribution in [3.8, 4) is 0 Å². The third kappa shape index (κ3) is 2.88. The predicted octanol–water partition coefficient (Wildman–Crippen LogP) is 2.73. The summed E-state index contributed by atoms with van der Waals surface area (Å²) in [5.74, 6) is 0.664. The molecule has 2 fully saturated rings. The fraction of sp³-hybridized carbons (Fsp3) is 0.588. The molecule has 1 saturated heterocycles. The first-order valence-electron chi connectivity index (χ1n) is 7.78. The first-order valence-corrected chi connectivity index (χ1v) is 7.78. The van der Waals surface area contributed by atoms with Gasteiger partial charge in [-0.25, -0.2) is 0 Å². The lowest BCUT2D eigenvalue weighted by Gasteiger charge is -2.35. The Bertz CT molecular complexity index is 486. The Morgan fingerprint density at radius 1 is 1.15 bits per heavy atom. The van der Waals surface area contributed by atoms with Crippen molar-refractivity contribution >= 4 is 5.91 Å². The monoisotopic (exact) mass is 272 g/mol. The van der Waals surface area contributed by atoms with Crippen molar-refractivity contribution in [3.05, 3.63) is 35.4 Å². The van der Waals surface area contributed by atoms with Gasteiger partial charge in [-0.1, -0.05) is 26.0 Å². The molecule has 0 atom stereocenters. The van der Waals surface area contributed by atoms with Crippen LogP contribution < -0.4 is 0 Å². The molecule has 1 aromatic carbocycles. The van der Waals surface area contributed by atoms with E-state index in [1.165, 1.54) is 18.4 Å². The molecular weight excluding hydrogens is 248 g/mol. The number of benzene rings is 1. The molecule has 0 spiro atoms. The van der Waals surface area contributed by atoms with E-state index in [2.05, 4.69) is 30.9 Å². The molecule has 0 unspecified atom stereocenters. The van der Waals surface area contributed by atoms with E-state index in [4.69, 9.17) is 0 Å². The van der Waals surface area contributed by atoms with Crippen LogP contribution >= 0.6 is 0 Å². The number of nitrogens with zero attached hydrogens (tertiary/aromatic N) is 2. The third-order valence-corrected chi connectivity index (χ3v) is 4.46. The van der Waals surface area contributed by atoms with Gasteiger partial charge in [0.2, 0.25) is 0 Å². The average Bonchev–Trinajstić information content (AvgIpc) is 3.31.